The molecule has 3 N–H and O–H groups in total. The van der Waals surface area contributed by atoms with Gasteiger partial charge >= 0.3 is 0 Å². The van der Waals surface area contributed by atoms with Crippen LogP contribution < -0.4 is 16.0 Å². The number of rotatable bonds is 4. The predicted molar refractivity (Wildman–Crippen MR) is 124 cm³/mol. The molecule has 33 heavy (non-hydrogen) atoms. The Labute approximate surface area is 189 Å². The van der Waals surface area contributed by atoms with Crippen LogP contribution in [0.1, 0.15) is 24.4 Å². The van der Waals surface area contributed by atoms with Crippen molar-refractivity contribution in [2.75, 3.05) is 36.8 Å². The molecule has 2 aromatic carbocycles. The third-order valence-electron chi connectivity index (χ3n) is 5.97. The Morgan fingerprint density at radius 1 is 1.06 bits per heavy atom. The van der Waals surface area contributed by atoms with Gasteiger partial charge in [-0.25, -0.2) is 8.78 Å². The van der Waals surface area contributed by atoms with Crippen LogP contribution in [0, 0.1) is 11.6 Å². The van der Waals surface area contributed by atoms with E-state index < -0.39 is 11.7 Å². The van der Waals surface area contributed by atoms with Crippen molar-refractivity contribution in [3.8, 4) is 11.1 Å². The fourth-order valence-electron chi connectivity index (χ4n) is 4.25. The van der Waals surface area contributed by atoms with Crippen molar-refractivity contribution in [1.29, 1.82) is 0 Å². The number of benzene rings is 2. The summed E-state index contributed by atoms with van der Waals surface area (Å²) in [6.07, 6.45) is 5.46. The van der Waals surface area contributed by atoms with Crippen LogP contribution in [-0.2, 0) is 4.79 Å². The quantitative estimate of drug-likeness (QED) is 0.567. The SMILES string of the molecule is O=C(Nc1ccc(F)cc1)C1=NCCNc2cc(F)c(-c3cnn(C4CCNCC4)c3)cc21. The molecule has 170 valence electrons. The number of halogens is 2. The van der Waals surface area contributed by atoms with Gasteiger partial charge in [0, 0.05) is 40.8 Å². The molecule has 3 aromatic rings. The average molecular weight is 450 g/mol. The number of carbonyl (C=O) groups excluding carboxylic acids is 1. The van der Waals surface area contributed by atoms with Crippen LogP contribution >= 0.6 is 0 Å². The Morgan fingerprint density at radius 2 is 1.85 bits per heavy atom. The summed E-state index contributed by atoms with van der Waals surface area (Å²) in [6, 6.07) is 8.84. The number of amides is 1. The minimum atomic E-state index is -0.436. The van der Waals surface area contributed by atoms with Crippen LogP contribution in [0.5, 0.6) is 0 Å². The number of anilines is 2. The molecule has 1 fully saturated rings. The highest BCUT2D eigenvalue weighted by molar-refractivity contribution is 6.50. The van der Waals surface area contributed by atoms with E-state index in [1.807, 2.05) is 10.9 Å². The predicted octanol–water partition coefficient (Wildman–Crippen LogP) is 3.61. The van der Waals surface area contributed by atoms with E-state index >= 15 is 4.39 Å². The summed E-state index contributed by atoms with van der Waals surface area (Å²) in [5.41, 5.74) is 2.68. The molecule has 2 aliphatic rings. The Hall–Kier alpha value is -3.59. The monoisotopic (exact) mass is 450 g/mol. The highest BCUT2D eigenvalue weighted by Crippen LogP contribution is 2.31. The summed E-state index contributed by atoms with van der Waals surface area (Å²) < 4.78 is 30.2. The number of carbonyl (C=O) groups is 1. The number of hydrogen-bond donors (Lipinski definition) is 3. The Bertz CT molecular complexity index is 1200. The second-order valence-electron chi connectivity index (χ2n) is 8.19. The number of nitrogens with zero attached hydrogens (tertiary/aromatic N) is 3. The fraction of sp³-hybridized carbons (Fsp3) is 0.292. The van der Waals surface area contributed by atoms with Crippen molar-refractivity contribution in [2.45, 2.75) is 18.9 Å². The molecule has 2 aliphatic heterocycles. The van der Waals surface area contributed by atoms with E-state index in [0.717, 1.165) is 25.9 Å². The lowest BCUT2D eigenvalue weighted by atomic mass is 9.99. The molecule has 1 amide bonds. The summed E-state index contributed by atoms with van der Waals surface area (Å²) in [6.45, 7) is 2.71. The summed E-state index contributed by atoms with van der Waals surface area (Å²) in [4.78, 5) is 17.5. The van der Waals surface area contributed by atoms with Crippen molar-refractivity contribution in [3.63, 3.8) is 0 Å². The maximum Gasteiger partial charge on any atom is 0.274 e. The van der Waals surface area contributed by atoms with Crippen molar-refractivity contribution in [3.05, 3.63) is 66.0 Å². The third kappa shape index (κ3) is 4.49. The molecule has 0 bridgehead atoms. The summed E-state index contributed by atoms with van der Waals surface area (Å²) in [7, 11) is 0. The van der Waals surface area contributed by atoms with Crippen molar-refractivity contribution < 1.29 is 13.6 Å². The summed E-state index contributed by atoms with van der Waals surface area (Å²) >= 11 is 0. The van der Waals surface area contributed by atoms with Crippen molar-refractivity contribution in [1.82, 2.24) is 15.1 Å². The van der Waals surface area contributed by atoms with E-state index in [1.54, 1.807) is 12.3 Å². The maximum absolute atomic E-state index is 15.1. The fourth-order valence-corrected chi connectivity index (χ4v) is 4.25. The van der Waals surface area contributed by atoms with Crippen LogP contribution in [0.4, 0.5) is 20.2 Å². The van der Waals surface area contributed by atoms with Crippen LogP contribution in [0.3, 0.4) is 0 Å². The molecule has 0 unspecified atom stereocenters. The average Bonchev–Trinajstić information content (AvgIpc) is 3.22. The van der Waals surface area contributed by atoms with Gasteiger partial charge in [-0.1, -0.05) is 0 Å². The minimum Gasteiger partial charge on any atom is -0.383 e. The second-order valence-corrected chi connectivity index (χ2v) is 8.19. The van der Waals surface area contributed by atoms with Gasteiger partial charge in [0.05, 0.1) is 18.8 Å². The first-order chi connectivity index (χ1) is 16.1. The van der Waals surface area contributed by atoms with Crippen molar-refractivity contribution in [2.24, 2.45) is 4.99 Å². The van der Waals surface area contributed by atoms with E-state index in [4.69, 9.17) is 0 Å². The molecule has 0 radical (unpaired) electrons. The second kappa shape index (κ2) is 9.11. The van der Waals surface area contributed by atoms with Crippen LogP contribution in [0.15, 0.2) is 53.8 Å². The molecule has 1 saturated heterocycles. The zero-order chi connectivity index (χ0) is 22.8. The molecule has 5 rings (SSSR count). The number of aromatic nitrogens is 2. The first-order valence-corrected chi connectivity index (χ1v) is 11.0. The molecular weight excluding hydrogens is 426 g/mol. The molecule has 0 atom stereocenters. The molecule has 3 heterocycles. The van der Waals surface area contributed by atoms with E-state index in [9.17, 15) is 9.18 Å². The normalized spacial score (nSPS) is 16.4. The van der Waals surface area contributed by atoms with Crippen LogP contribution in [-0.4, -0.2) is 47.6 Å². The molecular formula is C24H24F2N6O. The van der Waals surface area contributed by atoms with E-state index in [2.05, 4.69) is 26.0 Å². The number of aliphatic imine (C=N–C) groups is 1. The van der Waals surface area contributed by atoms with Crippen molar-refractivity contribution >= 4 is 23.0 Å². The molecule has 0 saturated carbocycles. The van der Waals surface area contributed by atoms with Gasteiger partial charge in [0.25, 0.3) is 5.91 Å². The van der Waals surface area contributed by atoms with Crippen LogP contribution in [0.2, 0.25) is 0 Å². The smallest absolute Gasteiger partial charge is 0.274 e. The molecule has 1 aromatic heterocycles. The number of nitrogens with one attached hydrogen (secondary N) is 3. The van der Waals surface area contributed by atoms with Gasteiger partial charge < -0.3 is 16.0 Å². The van der Waals surface area contributed by atoms with Crippen LogP contribution in [0.25, 0.3) is 11.1 Å². The van der Waals surface area contributed by atoms with Gasteiger partial charge in [-0.2, -0.15) is 5.10 Å². The topological polar surface area (TPSA) is 83.3 Å². The van der Waals surface area contributed by atoms with Gasteiger partial charge in [0.2, 0.25) is 0 Å². The highest BCUT2D eigenvalue weighted by Gasteiger charge is 2.24. The van der Waals surface area contributed by atoms with E-state index in [1.165, 1.54) is 30.3 Å². The van der Waals surface area contributed by atoms with Gasteiger partial charge in [-0.3, -0.25) is 14.5 Å². The van der Waals surface area contributed by atoms with Gasteiger partial charge in [0.15, 0.2) is 0 Å². The highest BCUT2D eigenvalue weighted by atomic mass is 19.1. The Morgan fingerprint density at radius 3 is 2.64 bits per heavy atom. The number of fused-ring (bicyclic) bond motifs is 1. The zero-order valence-corrected chi connectivity index (χ0v) is 17.9. The Balaban J connectivity index is 1.47. The summed E-state index contributed by atoms with van der Waals surface area (Å²) in [5, 5.41) is 13.7. The van der Waals surface area contributed by atoms with Gasteiger partial charge in [0.1, 0.15) is 17.3 Å². The molecule has 9 heteroatoms. The first kappa shape index (κ1) is 21.3. The lowest BCUT2D eigenvalue weighted by Crippen LogP contribution is -2.29. The standard InChI is InChI=1S/C24H24F2N6O/c25-16-1-3-17(4-2-16)31-24(33)23-20-11-19(21(26)12-22(20)28-9-10-29-23)15-13-30-32(14-15)18-5-7-27-8-6-18/h1-4,11-14,18,27-28H,5-10H2,(H,31,33). The lowest BCUT2D eigenvalue weighted by molar-refractivity contribution is -0.110. The number of benzodiazepines with no additional fused rings is 1. The largest absolute Gasteiger partial charge is 0.383 e. The number of hydrogen-bond acceptors (Lipinski definition) is 5. The third-order valence-corrected chi connectivity index (χ3v) is 5.97. The van der Waals surface area contributed by atoms with E-state index in [0.29, 0.717) is 41.2 Å². The summed E-state index contributed by atoms with van der Waals surface area (Å²) in [5.74, 6) is -1.22. The molecule has 7 nitrogen and oxygen atoms in total. The zero-order valence-electron chi connectivity index (χ0n) is 17.9. The first-order valence-electron chi connectivity index (χ1n) is 11.0. The maximum atomic E-state index is 15.1. The van der Waals surface area contributed by atoms with E-state index in [-0.39, 0.29) is 17.6 Å². The molecule has 0 aliphatic carbocycles. The molecule has 0 spiro atoms. The lowest BCUT2D eigenvalue weighted by Gasteiger charge is -2.22. The van der Waals surface area contributed by atoms with Gasteiger partial charge in [-0.05, 0) is 62.3 Å². The van der Waals surface area contributed by atoms with Gasteiger partial charge in [-0.15, -0.1) is 0 Å². The Kier molecular flexibility index (Phi) is 5.87. The number of piperidine rings is 1. The minimum absolute atomic E-state index is 0.200.